The quantitative estimate of drug-likeness (QED) is 0.760. The molecule has 15 heavy (non-hydrogen) atoms. The van der Waals surface area contributed by atoms with Gasteiger partial charge in [-0.3, -0.25) is 0 Å². The third-order valence-corrected chi connectivity index (χ3v) is 3.11. The highest BCUT2D eigenvalue weighted by atomic mass is 79.9. The van der Waals surface area contributed by atoms with E-state index in [0.29, 0.717) is 0 Å². The number of benzene rings is 1. The van der Waals surface area contributed by atoms with Gasteiger partial charge in [0.05, 0.1) is 10.7 Å². The molecule has 0 radical (unpaired) electrons. The monoisotopic (exact) mass is 283 g/mol. The van der Waals surface area contributed by atoms with Gasteiger partial charge in [0.1, 0.15) is 0 Å². The lowest BCUT2D eigenvalue weighted by molar-refractivity contribution is 1.28. The van der Waals surface area contributed by atoms with Crippen LogP contribution in [0.15, 0.2) is 24.3 Å². The molecule has 0 saturated carbocycles. The minimum atomic E-state index is 0. The van der Waals surface area contributed by atoms with Gasteiger partial charge in [-0.05, 0) is 20.8 Å². The van der Waals surface area contributed by atoms with Crippen LogP contribution in [0.2, 0.25) is 0 Å². The molecular formula is C12H14BrNS. The molecule has 0 spiro atoms. The van der Waals surface area contributed by atoms with E-state index in [-0.39, 0.29) is 17.0 Å². The molecule has 0 fully saturated rings. The second-order valence-electron chi connectivity index (χ2n) is 3.50. The summed E-state index contributed by atoms with van der Waals surface area (Å²) in [6, 6.07) is 8.53. The first-order valence-corrected chi connectivity index (χ1v) is 5.49. The van der Waals surface area contributed by atoms with Gasteiger partial charge in [-0.2, -0.15) is 0 Å². The normalized spacial score (nSPS) is 9.80. The molecule has 0 saturated heterocycles. The molecule has 2 aromatic rings. The van der Waals surface area contributed by atoms with E-state index in [9.17, 15) is 0 Å². The fourth-order valence-corrected chi connectivity index (χ4v) is 2.35. The average molecular weight is 284 g/mol. The second-order valence-corrected chi connectivity index (χ2v) is 4.91. The summed E-state index contributed by atoms with van der Waals surface area (Å²) >= 11 is 1.76. The minimum Gasteiger partial charge on any atom is -0.241 e. The third-order valence-electron chi connectivity index (χ3n) is 2.23. The maximum atomic E-state index is 4.53. The smallest absolute Gasteiger partial charge is 0.0904 e. The molecule has 2 rings (SSSR count). The average Bonchev–Trinajstić information content (AvgIpc) is 2.47. The molecular weight excluding hydrogens is 270 g/mol. The Labute approximate surface area is 105 Å². The topological polar surface area (TPSA) is 12.9 Å². The molecule has 0 N–H and O–H groups in total. The highest BCUT2D eigenvalue weighted by molar-refractivity contribution is 8.93. The van der Waals surface area contributed by atoms with Crippen molar-refractivity contribution in [3.05, 3.63) is 39.7 Å². The van der Waals surface area contributed by atoms with E-state index in [4.69, 9.17) is 0 Å². The zero-order chi connectivity index (χ0) is 10.1. The van der Waals surface area contributed by atoms with Crippen LogP contribution in [0.5, 0.6) is 0 Å². The van der Waals surface area contributed by atoms with Crippen LogP contribution in [0.3, 0.4) is 0 Å². The summed E-state index contributed by atoms with van der Waals surface area (Å²) in [5, 5.41) is 1.14. The molecule has 1 nitrogen and oxygen atoms in total. The lowest BCUT2D eigenvalue weighted by Gasteiger charge is -1.98. The van der Waals surface area contributed by atoms with Crippen LogP contribution in [-0.4, -0.2) is 4.98 Å². The Kier molecular flexibility index (Phi) is 4.05. The van der Waals surface area contributed by atoms with Gasteiger partial charge < -0.3 is 0 Å². The molecule has 1 aromatic heterocycles. The van der Waals surface area contributed by atoms with E-state index in [1.165, 1.54) is 16.0 Å². The predicted molar refractivity (Wildman–Crippen MR) is 72.1 cm³/mol. The number of thiazole rings is 1. The van der Waals surface area contributed by atoms with Gasteiger partial charge in [0.15, 0.2) is 0 Å². The SMILES string of the molecule is Br.Cc1ccc(-c2nc(C)sc2C)cc1. The Morgan fingerprint density at radius 2 is 1.60 bits per heavy atom. The summed E-state index contributed by atoms with van der Waals surface area (Å²) in [6.45, 7) is 6.28. The zero-order valence-electron chi connectivity index (χ0n) is 9.07. The Morgan fingerprint density at radius 1 is 1.00 bits per heavy atom. The van der Waals surface area contributed by atoms with Crippen LogP contribution < -0.4 is 0 Å². The molecule has 1 aromatic carbocycles. The molecule has 0 bridgehead atoms. The van der Waals surface area contributed by atoms with Crippen LogP contribution in [0.1, 0.15) is 15.4 Å². The summed E-state index contributed by atoms with van der Waals surface area (Å²) < 4.78 is 0. The van der Waals surface area contributed by atoms with Gasteiger partial charge in [0.25, 0.3) is 0 Å². The van der Waals surface area contributed by atoms with Crippen molar-refractivity contribution in [2.45, 2.75) is 20.8 Å². The second kappa shape index (κ2) is 4.90. The largest absolute Gasteiger partial charge is 0.241 e. The first kappa shape index (κ1) is 12.4. The molecule has 0 atom stereocenters. The van der Waals surface area contributed by atoms with Crippen LogP contribution >= 0.6 is 28.3 Å². The molecule has 0 aliphatic rings. The number of hydrogen-bond acceptors (Lipinski definition) is 2. The Morgan fingerprint density at radius 3 is 2.07 bits per heavy atom. The molecule has 0 aliphatic heterocycles. The number of hydrogen-bond donors (Lipinski definition) is 0. The fourth-order valence-electron chi connectivity index (χ4n) is 1.51. The van der Waals surface area contributed by atoms with Crippen molar-refractivity contribution < 1.29 is 0 Å². The lowest BCUT2D eigenvalue weighted by Crippen LogP contribution is -1.81. The fraction of sp³-hybridized carbons (Fsp3) is 0.250. The summed E-state index contributed by atoms with van der Waals surface area (Å²) in [7, 11) is 0. The Hall–Kier alpha value is -0.670. The van der Waals surface area contributed by atoms with E-state index in [2.05, 4.69) is 50.0 Å². The van der Waals surface area contributed by atoms with Crippen LogP contribution in [-0.2, 0) is 0 Å². The Bertz CT molecular complexity index is 445. The van der Waals surface area contributed by atoms with E-state index < -0.39 is 0 Å². The van der Waals surface area contributed by atoms with Crippen molar-refractivity contribution in [3.8, 4) is 11.3 Å². The Balaban J connectivity index is 0.00000112. The van der Waals surface area contributed by atoms with E-state index in [0.717, 1.165) is 10.7 Å². The molecule has 1 heterocycles. The summed E-state index contributed by atoms with van der Waals surface area (Å²) in [4.78, 5) is 5.83. The van der Waals surface area contributed by atoms with Gasteiger partial charge in [0.2, 0.25) is 0 Å². The van der Waals surface area contributed by atoms with Crippen molar-refractivity contribution in [1.82, 2.24) is 4.98 Å². The minimum absolute atomic E-state index is 0. The molecule has 0 aliphatic carbocycles. The van der Waals surface area contributed by atoms with Gasteiger partial charge >= 0.3 is 0 Å². The number of aryl methyl sites for hydroxylation is 3. The highest BCUT2D eigenvalue weighted by Gasteiger charge is 2.06. The van der Waals surface area contributed by atoms with Crippen molar-refractivity contribution in [3.63, 3.8) is 0 Å². The maximum Gasteiger partial charge on any atom is 0.0904 e. The van der Waals surface area contributed by atoms with E-state index >= 15 is 0 Å². The highest BCUT2D eigenvalue weighted by Crippen LogP contribution is 2.26. The number of nitrogens with zero attached hydrogens (tertiary/aromatic N) is 1. The number of halogens is 1. The number of rotatable bonds is 1. The van der Waals surface area contributed by atoms with Gasteiger partial charge in [0, 0.05) is 10.4 Å². The predicted octanol–water partition coefficient (Wildman–Crippen LogP) is 4.31. The van der Waals surface area contributed by atoms with Crippen molar-refractivity contribution in [2.24, 2.45) is 0 Å². The maximum absolute atomic E-state index is 4.53. The van der Waals surface area contributed by atoms with Crippen molar-refractivity contribution in [1.29, 1.82) is 0 Å². The van der Waals surface area contributed by atoms with E-state index in [1.807, 2.05) is 0 Å². The molecule has 80 valence electrons. The third kappa shape index (κ3) is 2.67. The van der Waals surface area contributed by atoms with Gasteiger partial charge in [-0.1, -0.05) is 29.8 Å². The first-order valence-electron chi connectivity index (χ1n) is 4.68. The standard InChI is InChI=1S/C12H13NS.BrH/c1-8-4-6-11(7-5-8)12-9(2)14-10(3)13-12;/h4-7H,1-3H3;1H. The van der Waals surface area contributed by atoms with Crippen LogP contribution in [0.25, 0.3) is 11.3 Å². The summed E-state index contributed by atoms with van der Waals surface area (Å²) in [6.07, 6.45) is 0. The van der Waals surface area contributed by atoms with Crippen molar-refractivity contribution in [2.75, 3.05) is 0 Å². The first-order chi connectivity index (χ1) is 6.66. The summed E-state index contributed by atoms with van der Waals surface area (Å²) in [5.41, 5.74) is 3.64. The summed E-state index contributed by atoms with van der Waals surface area (Å²) in [5.74, 6) is 0. The molecule has 3 heteroatoms. The van der Waals surface area contributed by atoms with Gasteiger partial charge in [-0.25, -0.2) is 4.98 Å². The molecule has 0 amide bonds. The van der Waals surface area contributed by atoms with E-state index in [1.54, 1.807) is 11.3 Å². The lowest BCUT2D eigenvalue weighted by atomic mass is 10.1. The van der Waals surface area contributed by atoms with Crippen LogP contribution in [0.4, 0.5) is 0 Å². The van der Waals surface area contributed by atoms with Crippen LogP contribution in [0, 0.1) is 20.8 Å². The zero-order valence-corrected chi connectivity index (χ0v) is 11.6. The van der Waals surface area contributed by atoms with Crippen molar-refractivity contribution >= 4 is 28.3 Å². The molecule has 0 unspecified atom stereocenters. The number of aromatic nitrogens is 1. The van der Waals surface area contributed by atoms with Gasteiger partial charge in [-0.15, -0.1) is 28.3 Å².